The Kier molecular flexibility index (Phi) is 11.5. The summed E-state index contributed by atoms with van der Waals surface area (Å²) in [6.45, 7) is 4.63. The fraction of sp³-hybridized carbons (Fsp3) is 0.857. The Bertz CT molecular complexity index is 62.6. The van der Waals surface area contributed by atoms with Crippen molar-refractivity contribution in [2.24, 2.45) is 0 Å². The summed E-state index contributed by atoms with van der Waals surface area (Å²) in [6, 6.07) is 0. The minimum absolute atomic E-state index is 0.594. The molecular weight excluding hydrogens is 98.1 g/mol. The Hall–Kier alpha value is -0.330. The number of nitrogens with one attached hydrogen (secondary N) is 1. The summed E-state index contributed by atoms with van der Waals surface area (Å²) in [4.78, 5) is 0. The van der Waals surface area contributed by atoms with Crippen molar-refractivity contribution in [2.45, 2.75) is 40.0 Å². The van der Waals surface area contributed by atoms with Gasteiger partial charge in [0, 0.05) is 1.37 Å². The number of rotatable bonds is 2. The van der Waals surface area contributed by atoms with Gasteiger partial charge in [0.15, 0.2) is 1.41 Å². The largest absolute Gasteiger partial charge is 0.313 e. The third-order valence-electron chi connectivity index (χ3n) is 0.536. The van der Waals surface area contributed by atoms with E-state index in [1.165, 1.54) is 0 Å². The molecule has 0 aliphatic rings. The molecule has 0 aromatic carbocycles. The summed E-state index contributed by atoms with van der Waals surface area (Å²) in [5.74, 6) is 0. The van der Waals surface area contributed by atoms with Crippen molar-refractivity contribution < 1.29 is 2.78 Å². The number of unbranched alkanes of at least 4 members (excludes halogenated alkanes) is 1. The van der Waals surface area contributed by atoms with Crippen molar-refractivity contribution in [1.82, 2.24) is 0 Å². The highest BCUT2D eigenvalue weighted by Gasteiger charge is 1.56. The van der Waals surface area contributed by atoms with Gasteiger partial charge in [-0.1, -0.05) is 33.6 Å². The van der Waals surface area contributed by atoms with Crippen LogP contribution in [0.25, 0.3) is 0 Å². The normalized spacial score (nSPS) is 11.8. The van der Waals surface area contributed by atoms with Gasteiger partial charge in [0.05, 0.1) is 0 Å². The molecule has 50 valence electrons. The molecule has 0 rings (SSSR count). The minimum Gasteiger partial charge on any atom is -0.313 e. The summed E-state index contributed by atoms with van der Waals surface area (Å²) in [7, 11) is 0. The molecule has 0 aliphatic carbocycles. The van der Waals surface area contributed by atoms with Gasteiger partial charge in [0.25, 0.3) is 0 Å². The van der Waals surface area contributed by atoms with E-state index < -0.39 is 0 Å². The molecule has 0 bridgehead atoms. The van der Waals surface area contributed by atoms with Crippen molar-refractivity contribution in [3.8, 4) is 0 Å². The minimum atomic E-state index is 0.594. The van der Waals surface area contributed by atoms with E-state index in [0.717, 1.165) is 19.3 Å². The zero-order chi connectivity index (χ0) is 8.24. The summed E-state index contributed by atoms with van der Waals surface area (Å²) in [5, 5.41) is 2.98. The van der Waals surface area contributed by atoms with Crippen molar-refractivity contribution in [1.29, 1.82) is 5.40 Å². The highest BCUT2D eigenvalue weighted by molar-refractivity contribution is 5.51. The van der Waals surface area contributed by atoms with Crippen LogP contribution in [0.5, 0.6) is 0 Å². The Morgan fingerprint density at radius 2 is 2.38 bits per heavy atom. The molecule has 0 aromatic heterocycles. The predicted molar refractivity (Wildman–Crippen MR) is 39.7 cm³/mol. The van der Waals surface area contributed by atoms with E-state index in [2.05, 4.69) is 12.3 Å². The van der Waals surface area contributed by atoms with E-state index in [9.17, 15) is 0 Å². The molecule has 0 saturated heterocycles. The quantitative estimate of drug-likeness (QED) is 0.540. The van der Waals surface area contributed by atoms with Crippen molar-refractivity contribution >= 4 is 6.21 Å². The molecule has 0 aromatic rings. The van der Waals surface area contributed by atoms with Crippen LogP contribution in [0.2, 0.25) is 1.41 Å². The Morgan fingerprint density at radius 1 is 1.62 bits per heavy atom. The highest BCUT2D eigenvalue weighted by atomic mass is 14.3. The highest BCUT2D eigenvalue weighted by Crippen LogP contribution is 1.76. The molecule has 0 saturated carbocycles. The van der Waals surface area contributed by atoms with E-state index in [1.807, 2.05) is 6.92 Å². The third-order valence-corrected chi connectivity index (χ3v) is 0.536. The van der Waals surface area contributed by atoms with Crippen LogP contribution in [-0.4, -0.2) is 6.21 Å². The molecule has 0 aliphatic heterocycles. The SMILES string of the molecule is [3H]CCCC.[3H]N=CCC. The maximum absolute atomic E-state index is 6.60. The summed E-state index contributed by atoms with van der Waals surface area (Å²) >= 11 is 0. The van der Waals surface area contributed by atoms with Crippen LogP contribution in [0.4, 0.5) is 0 Å². The Morgan fingerprint density at radius 3 is 2.38 bits per heavy atom. The van der Waals surface area contributed by atoms with Gasteiger partial charge in [0.1, 0.15) is 0 Å². The van der Waals surface area contributed by atoms with Crippen LogP contribution in [0.1, 0.15) is 41.4 Å². The van der Waals surface area contributed by atoms with Crippen molar-refractivity contribution in [3.63, 3.8) is 0 Å². The lowest BCUT2D eigenvalue weighted by molar-refractivity contribution is 0.886. The topological polar surface area (TPSA) is 23.9 Å². The number of hydrogen-bond donors (Lipinski definition) is 1. The fourth-order valence-electron chi connectivity index (χ4n) is 0. The van der Waals surface area contributed by atoms with Crippen LogP contribution in [0.3, 0.4) is 0 Å². The van der Waals surface area contributed by atoms with Crippen molar-refractivity contribution in [3.05, 3.63) is 0 Å². The lowest BCUT2D eigenvalue weighted by Gasteiger charge is -1.68. The standard InChI is InChI=1S/C4H10.C3H7N/c1-3-4-2;1-2-3-4/h3-4H2,1-2H3;3-4H,2H2,1H3/i1T;/hT. The molecule has 1 N–H and O–H groups in total. The average Bonchev–Trinajstić information content (AvgIpc) is 1.93. The number of hydrogen-bond acceptors (Lipinski definition) is 1. The third kappa shape index (κ3) is 44.3. The van der Waals surface area contributed by atoms with Crippen LogP contribution >= 0.6 is 0 Å². The van der Waals surface area contributed by atoms with E-state index in [-0.39, 0.29) is 0 Å². The molecule has 8 heavy (non-hydrogen) atoms. The first-order valence-electron chi connectivity index (χ1n) is 4.23. The Labute approximate surface area is 55.5 Å². The van der Waals surface area contributed by atoms with E-state index >= 15 is 0 Å². The summed E-state index contributed by atoms with van der Waals surface area (Å²) in [5.41, 5.74) is 0. The van der Waals surface area contributed by atoms with E-state index in [0.29, 0.717) is 6.90 Å². The van der Waals surface area contributed by atoms with Crippen LogP contribution in [0, 0.1) is 5.40 Å². The first kappa shape index (κ1) is 5.80. The predicted octanol–water partition coefficient (Wildman–Crippen LogP) is 2.85. The molecule has 0 atom stereocenters. The molecule has 0 fully saturated rings. The molecule has 0 amide bonds. The first-order valence-corrected chi connectivity index (χ1v) is 3.08. The van der Waals surface area contributed by atoms with Crippen LogP contribution in [-0.2, 0) is 0 Å². The monoisotopic (exact) mass is 119 g/mol. The van der Waals surface area contributed by atoms with Crippen LogP contribution < -0.4 is 0 Å². The van der Waals surface area contributed by atoms with Gasteiger partial charge in [-0.3, -0.25) is 0 Å². The molecular formula is C7H17N. The lowest BCUT2D eigenvalue weighted by Crippen LogP contribution is -1.52. The molecule has 1 heteroatoms. The second kappa shape index (κ2) is 15.9. The van der Waals surface area contributed by atoms with Crippen LogP contribution in [0.15, 0.2) is 0 Å². The summed E-state index contributed by atoms with van der Waals surface area (Å²) < 4.78 is 12.8. The van der Waals surface area contributed by atoms with Gasteiger partial charge in [0.2, 0.25) is 0 Å². The van der Waals surface area contributed by atoms with E-state index in [4.69, 9.17) is 2.78 Å². The average molecular weight is 119 g/mol. The second-order valence-electron chi connectivity index (χ2n) is 1.44. The maximum atomic E-state index is 6.60. The van der Waals surface area contributed by atoms with Gasteiger partial charge in [-0.05, 0) is 12.6 Å². The second-order valence-corrected chi connectivity index (χ2v) is 1.44. The fourth-order valence-corrected chi connectivity index (χ4v) is 0. The van der Waals surface area contributed by atoms with Crippen molar-refractivity contribution in [2.75, 3.05) is 0 Å². The molecule has 0 heterocycles. The Balaban J connectivity index is 0. The maximum Gasteiger partial charge on any atom is 0.186 e. The van der Waals surface area contributed by atoms with E-state index in [1.54, 1.807) is 6.21 Å². The molecule has 1 nitrogen and oxygen atoms in total. The molecule has 0 spiro atoms. The molecule has 0 unspecified atom stereocenters. The lowest BCUT2D eigenvalue weighted by atomic mass is 10.4. The smallest absolute Gasteiger partial charge is 0.186 e. The van der Waals surface area contributed by atoms with Gasteiger partial charge in [-0.25, -0.2) is 0 Å². The van der Waals surface area contributed by atoms with Gasteiger partial charge in [-0.2, -0.15) is 0 Å². The zero-order valence-corrected chi connectivity index (χ0v) is 5.85. The summed E-state index contributed by atoms with van der Waals surface area (Å²) in [6.07, 6.45) is 4.62. The molecule has 0 radical (unpaired) electrons. The first-order chi connectivity index (χ1) is 4.83. The van der Waals surface area contributed by atoms with Gasteiger partial charge in [-0.15, -0.1) is 0 Å². The zero-order valence-electron chi connectivity index (χ0n) is 7.85. The van der Waals surface area contributed by atoms with Gasteiger partial charge >= 0.3 is 0 Å². The van der Waals surface area contributed by atoms with Gasteiger partial charge < -0.3 is 5.40 Å².